The summed E-state index contributed by atoms with van der Waals surface area (Å²) >= 11 is 3.52. The summed E-state index contributed by atoms with van der Waals surface area (Å²) in [5.41, 5.74) is 4.01. The number of fused-ring (bicyclic) bond motifs is 2. The molecule has 6 rings (SSSR count). The molecule has 162 valence electrons. The third kappa shape index (κ3) is 3.82. The second kappa shape index (κ2) is 8.73. The molecule has 0 amide bonds. The summed E-state index contributed by atoms with van der Waals surface area (Å²) in [6.07, 6.45) is 1.98. The zero-order valence-electron chi connectivity index (χ0n) is 18.3. The quantitative estimate of drug-likeness (QED) is 0.176. The number of rotatable bonds is 4. The second-order valence-corrected chi connectivity index (χ2v) is 9.05. The van der Waals surface area contributed by atoms with Crippen molar-refractivity contribution >= 4 is 49.5 Å². The fourth-order valence-corrected chi connectivity index (χ4v) is 4.57. The number of halogens is 1. The minimum Gasteiger partial charge on any atom is -0.236 e. The Morgan fingerprint density at radius 2 is 1.29 bits per heavy atom. The molecule has 0 aliphatic rings. The summed E-state index contributed by atoms with van der Waals surface area (Å²) in [7, 11) is 0. The van der Waals surface area contributed by atoms with Crippen LogP contribution in [0.2, 0.25) is 0 Å². The van der Waals surface area contributed by atoms with E-state index >= 15 is 0 Å². The molecule has 0 aliphatic carbocycles. The standard InChI is InChI=1S/C30H20BrN3/c31-24-16-14-21(15-17-24)29-19-30(34(33-29)25-10-2-1-3-11-25)32-20-28-26-12-6-4-8-22(26)18-23-9-5-7-13-27(23)28/h1-20H. The van der Waals surface area contributed by atoms with E-state index in [9.17, 15) is 0 Å². The summed E-state index contributed by atoms with van der Waals surface area (Å²) in [5, 5.41) is 9.68. The van der Waals surface area contributed by atoms with E-state index in [0.29, 0.717) is 0 Å². The molecular formula is C30H20BrN3. The maximum atomic E-state index is 4.98. The van der Waals surface area contributed by atoms with Crippen LogP contribution in [0, 0.1) is 0 Å². The first-order valence-corrected chi connectivity index (χ1v) is 11.9. The summed E-state index contributed by atoms with van der Waals surface area (Å²) in [6.45, 7) is 0. The molecule has 34 heavy (non-hydrogen) atoms. The normalized spacial score (nSPS) is 11.6. The van der Waals surface area contributed by atoms with Gasteiger partial charge in [-0.25, -0.2) is 9.67 Å². The van der Waals surface area contributed by atoms with Crippen LogP contribution in [0.5, 0.6) is 0 Å². The Hall–Kier alpha value is -4.02. The molecule has 0 unspecified atom stereocenters. The first kappa shape index (κ1) is 20.6. The zero-order chi connectivity index (χ0) is 22.9. The lowest BCUT2D eigenvalue weighted by atomic mass is 9.97. The Balaban J connectivity index is 1.53. The third-order valence-corrected chi connectivity index (χ3v) is 6.50. The van der Waals surface area contributed by atoms with Crippen LogP contribution in [-0.2, 0) is 0 Å². The number of hydrogen-bond acceptors (Lipinski definition) is 2. The topological polar surface area (TPSA) is 30.2 Å². The SMILES string of the molecule is Brc1ccc(-c2cc(N=Cc3c4ccccc4cc4ccccc34)n(-c3ccccc3)n2)cc1. The lowest BCUT2D eigenvalue weighted by molar-refractivity contribution is 0.885. The van der Waals surface area contributed by atoms with Crippen LogP contribution in [-0.4, -0.2) is 16.0 Å². The van der Waals surface area contributed by atoms with E-state index in [0.717, 1.165) is 32.8 Å². The van der Waals surface area contributed by atoms with Gasteiger partial charge in [0.1, 0.15) is 0 Å². The highest BCUT2D eigenvalue weighted by molar-refractivity contribution is 9.10. The van der Waals surface area contributed by atoms with E-state index in [-0.39, 0.29) is 0 Å². The van der Waals surface area contributed by atoms with Crippen LogP contribution in [0.25, 0.3) is 38.5 Å². The molecule has 0 radical (unpaired) electrons. The number of para-hydroxylation sites is 1. The van der Waals surface area contributed by atoms with Crippen molar-refractivity contribution in [1.82, 2.24) is 9.78 Å². The lowest BCUT2D eigenvalue weighted by Crippen LogP contribution is -1.96. The number of aliphatic imine (C=N–C) groups is 1. The first-order chi connectivity index (χ1) is 16.8. The van der Waals surface area contributed by atoms with Gasteiger partial charge in [-0.2, -0.15) is 5.10 Å². The Labute approximate surface area is 206 Å². The van der Waals surface area contributed by atoms with Gasteiger partial charge >= 0.3 is 0 Å². The Kier molecular flexibility index (Phi) is 5.28. The van der Waals surface area contributed by atoms with Gasteiger partial charge in [-0.05, 0) is 51.9 Å². The average molecular weight is 502 g/mol. The zero-order valence-corrected chi connectivity index (χ0v) is 19.9. The summed E-state index contributed by atoms with van der Waals surface area (Å²) in [5.74, 6) is 0.779. The van der Waals surface area contributed by atoms with Crippen molar-refractivity contribution in [3.63, 3.8) is 0 Å². The average Bonchev–Trinajstić information content (AvgIpc) is 3.32. The molecule has 0 aliphatic heterocycles. The minimum absolute atomic E-state index is 0.779. The molecule has 0 bridgehead atoms. The molecule has 0 N–H and O–H groups in total. The number of hydrogen-bond donors (Lipinski definition) is 0. The lowest BCUT2D eigenvalue weighted by Gasteiger charge is -2.08. The highest BCUT2D eigenvalue weighted by Crippen LogP contribution is 2.30. The van der Waals surface area contributed by atoms with Crippen LogP contribution in [0.15, 0.2) is 125 Å². The van der Waals surface area contributed by atoms with Gasteiger partial charge < -0.3 is 0 Å². The van der Waals surface area contributed by atoms with Gasteiger partial charge in [0.25, 0.3) is 0 Å². The van der Waals surface area contributed by atoms with Crippen molar-refractivity contribution in [1.29, 1.82) is 0 Å². The molecule has 0 fully saturated rings. The molecule has 0 spiro atoms. The van der Waals surface area contributed by atoms with Crippen LogP contribution >= 0.6 is 15.9 Å². The van der Waals surface area contributed by atoms with Gasteiger partial charge in [-0.1, -0.05) is 94.8 Å². The minimum atomic E-state index is 0.779. The predicted octanol–water partition coefficient (Wildman–Crippen LogP) is 8.36. The summed E-state index contributed by atoms with van der Waals surface area (Å²) < 4.78 is 2.95. The third-order valence-electron chi connectivity index (χ3n) is 5.97. The highest BCUT2D eigenvalue weighted by atomic mass is 79.9. The molecular weight excluding hydrogens is 482 g/mol. The van der Waals surface area contributed by atoms with Crippen LogP contribution in [0.4, 0.5) is 5.82 Å². The Morgan fingerprint density at radius 1 is 0.676 bits per heavy atom. The molecule has 3 nitrogen and oxygen atoms in total. The van der Waals surface area contributed by atoms with E-state index in [2.05, 4.69) is 82.7 Å². The maximum Gasteiger partial charge on any atom is 0.156 e. The van der Waals surface area contributed by atoms with Crippen LogP contribution < -0.4 is 0 Å². The second-order valence-electron chi connectivity index (χ2n) is 8.13. The van der Waals surface area contributed by atoms with Gasteiger partial charge in [0.2, 0.25) is 0 Å². The van der Waals surface area contributed by atoms with Crippen molar-refractivity contribution in [2.75, 3.05) is 0 Å². The first-order valence-electron chi connectivity index (χ1n) is 11.1. The predicted molar refractivity (Wildman–Crippen MR) is 145 cm³/mol. The fourth-order valence-electron chi connectivity index (χ4n) is 4.30. The van der Waals surface area contributed by atoms with E-state index in [1.807, 2.05) is 59.4 Å². The van der Waals surface area contributed by atoms with Gasteiger partial charge in [-0.15, -0.1) is 0 Å². The maximum absolute atomic E-state index is 4.98. The van der Waals surface area contributed by atoms with E-state index in [1.165, 1.54) is 21.5 Å². The van der Waals surface area contributed by atoms with Gasteiger partial charge in [0.15, 0.2) is 5.82 Å². The Morgan fingerprint density at radius 3 is 1.97 bits per heavy atom. The largest absolute Gasteiger partial charge is 0.236 e. The number of aromatic nitrogens is 2. The van der Waals surface area contributed by atoms with E-state index in [1.54, 1.807) is 0 Å². The van der Waals surface area contributed by atoms with Gasteiger partial charge in [0.05, 0.1) is 11.4 Å². The Bertz CT molecular complexity index is 1590. The van der Waals surface area contributed by atoms with Crippen molar-refractivity contribution in [2.45, 2.75) is 0 Å². The van der Waals surface area contributed by atoms with E-state index in [4.69, 9.17) is 10.1 Å². The monoisotopic (exact) mass is 501 g/mol. The molecule has 0 saturated carbocycles. The molecule has 4 heteroatoms. The molecule has 6 aromatic rings. The number of benzene rings is 5. The fraction of sp³-hybridized carbons (Fsp3) is 0. The molecule has 1 aromatic heterocycles. The van der Waals surface area contributed by atoms with E-state index < -0.39 is 0 Å². The molecule has 1 heterocycles. The van der Waals surface area contributed by atoms with Crippen LogP contribution in [0.1, 0.15) is 5.56 Å². The van der Waals surface area contributed by atoms with Gasteiger partial charge in [0, 0.05) is 27.9 Å². The molecule has 0 saturated heterocycles. The van der Waals surface area contributed by atoms with Gasteiger partial charge in [-0.3, -0.25) is 0 Å². The van der Waals surface area contributed by atoms with Crippen LogP contribution in [0.3, 0.4) is 0 Å². The van der Waals surface area contributed by atoms with Crippen molar-refractivity contribution < 1.29 is 0 Å². The van der Waals surface area contributed by atoms with Crippen molar-refractivity contribution in [3.05, 3.63) is 125 Å². The van der Waals surface area contributed by atoms with Crippen molar-refractivity contribution in [2.24, 2.45) is 4.99 Å². The van der Waals surface area contributed by atoms with Crippen molar-refractivity contribution in [3.8, 4) is 16.9 Å². The summed E-state index contributed by atoms with van der Waals surface area (Å²) in [6, 6.07) is 39.5. The molecule has 0 atom stereocenters. The smallest absolute Gasteiger partial charge is 0.156 e. The number of nitrogens with zero attached hydrogens (tertiary/aromatic N) is 3. The summed E-state index contributed by atoms with van der Waals surface area (Å²) in [4.78, 5) is 4.98. The highest BCUT2D eigenvalue weighted by Gasteiger charge is 2.12. The molecule has 5 aromatic carbocycles.